The lowest BCUT2D eigenvalue weighted by atomic mass is 10.2. The normalized spacial score (nSPS) is 19.5. The molecule has 0 bridgehead atoms. The lowest BCUT2D eigenvalue weighted by molar-refractivity contribution is -0.0586. The van der Waals surface area contributed by atoms with Crippen LogP contribution in [0.2, 0.25) is 5.02 Å². The van der Waals surface area contributed by atoms with Crippen molar-refractivity contribution in [2.75, 3.05) is 6.61 Å². The lowest BCUT2D eigenvalue weighted by Crippen LogP contribution is -2.30. The Balaban J connectivity index is 2.03. The van der Waals surface area contributed by atoms with Crippen molar-refractivity contribution in [3.8, 4) is 0 Å². The maximum atomic E-state index is 11.0. The number of aromatic carboxylic acids is 1. The first-order valence-corrected chi connectivity index (χ1v) is 6.34. The summed E-state index contributed by atoms with van der Waals surface area (Å²) in [5.74, 6) is -1.01. The van der Waals surface area contributed by atoms with Gasteiger partial charge in [-0.25, -0.2) is 9.78 Å². The zero-order chi connectivity index (χ0) is 12.0. The van der Waals surface area contributed by atoms with Crippen molar-refractivity contribution in [2.45, 2.75) is 19.1 Å². The summed E-state index contributed by atoms with van der Waals surface area (Å²) in [6.07, 6.45) is 2.89. The maximum absolute atomic E-state index is 11.0. The summed E-state index contributed by atoms with van der Waals surface area (Å²) < 4.78 is 7.21. The first kappa shape index (κ1) is 11.0. The Morgan fingerprint density at radius 1 is 1.76 bits per heavy atom. The standard InChI is InChI=1S/C10H9ClN2O3S/c11-6-7-9(17-8(6)10(14)15)12-4-13(7)3-5-1-2-16-5/h4-5H,1-3H2,(H,14,15). The molecule has 17 heavy (non-hydrogen) atoms. The molecule has 1 aliphatic rings. The quantitative estimate of drug-likeness (QED) is 0.931. The number of ether oxygens (including phenoxy) is 1. The van der Waals surface area contributed by atoms with Crippen LogP contribution in [-0.2, 0) is 11.3 Å². The monoisotopic (exact) mass is 272 g/mol. The fourth-order valence-corrected chi connectivity index (χ4v) is 3.16. The molecule has 1 N–H and O–H groups in total. The van der Waals surface area contributed by atoms with E-state index in [9.17, 15) is 4.79 Å². The minimum Gasteiger partial charge on any atom is -0.477 e. The van der Waals surface area contributed by atoms with Crippen LogP contribution in [0, 0.1) is 0 Å². The van der Waals surface area contributed by atoms with Gasteiger partial charge in [-0.15, -0.1) is 11.3 Å². The molecule has 0 radical (unpaired) electrons. The maximum Gasteiger partial charge on any atom is 0.347 e. The van der Waals surface area contributed by atoms with Crippen molar-refractivity contribution in [3.63, 3.8) is 0 Å². The Morgan fingerprint density at radius 2 is 2.53 bits per heavy atom. The summed E-state index contributed by atoms with van der Waals surface area (Å²) in [7, 11) is 0. The van der Waals surface area contributed by atoms with Gasteiger partial charge in [0, 0.05) is 6.61 Å². The molecule has 1 fully saturated rings. The van der Waals surface area contributed by atoms with Crippen LogP contribution in [0.1, 0.15) is 16.1 Å². The highest BCUT2D eigenvalue weighted by Gasteiger charge is 2.23. The number of hydrogen-bond acceptors (Lipinski definition) is 4. The van der Waals surface area contributed by atoms with Crippen LogP contribution >= 0.6 is 22.9 Å². The Hall–Kier alpha value is -1.11. The van der Waals surface area contributed by atoms with Crippen LogP contribution in [0.25, 0.3) is 10.3 Å². The molecule has 0 saturated carbocycles. The Morgan fingerprint density at radius 3 is 3.12 bits per heavy atom. The molecule has 0 aromatic carbocycles. The highest BCUT2D eigenvalue weighted by atomic mass is 35.5. The number of hydrogen-bond donors (Lipinski definition) is 1. The number of rotatable bonds is 3. The van der Waals surface area contributed by atoms with E-state index >= 15 is 0 Å². The van der Waals surface area contributed by atoms with E-state index in [-0.39, 0.29) is 16.0 Å². The zero-order valence-corrected chi connectivity index (χ0v) is 10.3. The number of aromatic nitrogens is 2. The summed E-state index contributed by atoms with van der Waals surface area (Å²) in [6, 6.07) is 0. The van der Waals surface area contributed by atoms with E-state index in [1.54, 1.807) is 6.33 Å². The van der Waals surface area contributed by atoms with Crippen molar-refractivity contribution in [1.82, 2.24) is 9.55 Å². The molecular formula is C10H9ClN2O3S. The largest absolute Gasteiger partial charge is 0.477 e. The Kier molecular flexibility index (Phi) is 2.57. The third kappa shape index (κ3) is 1.72. The third-order valence-corrected chi connectivity index (χ3v) is 4.35. The van der Waals surface area contributed by atoms with Gasteiger partial charge in [0.15, 0.2) is 0 Å². The molecule has 0 amide bonds. The molecule has 0 spiro atoms. The van der Waals surface area contributed by atoms with Gasteiger partial charge >= 0.3 is 5.97 Å². The second-order valence-electron chi connectivity index (χ2n) is 3.88. The first-order valence-electron chi connectivity index (χ1n) is 5.15. The first-order chi connectivity index (χ1) is 8.16. The molecule has 2 aromatic heterocycles. The summed E-state index contributed by atoms with van der Waals surface area (Å²) >= 11 is 7.17. The van der Waals surface area contributed by atoms with Crippen molar-refractivity contribution in [2.24, 2.45) is 0 Å². The van der Waals surface area contributed by atoms with E-state index in [1.807, 2.05) is 4.57 Å². The minimum absolute atomic E-state index is 0.146. The van der Waals surface area contributed by atoms with Crippen molar-refractivity contribution in [3.05, 3.63) is 16.2 Å². The van der Waals surface area contributed by atoms with E-state index in [0.717, 1.165) is 24.4 Å². The summed E-state index contributed by atoms with van der Waals surface area (Å²) in [6.45, 7) is 1.46. The van der Waals surface area contributed by atoms with E-state index in [0.29, 0.717) is 16.9 Å². The Labute approximate surface area is 106 Å². The van der Waals surface area contributed by atoms with Crippen molar-refractivity contribution < 1.29 is 14.6 Å². The van der Waals surface area contributed by atoms with Crippen LogP contribution < -0.4 is 0 Å². The molecule has 1 unspecified atom stereocenters. The number of carboxylic acid groups (broad SMARTS) is 1. The van der Waals surface area contributed by atoms with Gasteiger partial charge in [-0.2, -0.15) is 0 Å². The molecule has 3 rings (SSSR count). The minimum atomic E-state index is -1.01. The number of fused-ring (bicyclic) bond motifs is 1. The topological polar surface area (TPSA) is 64.3 Å². The molecule has 7 heteroatoms. The average molecular weight is 273 g/mol. The number of nitrogens with zero attached hydrogens (tertiary/aromatic N) is 2. The van der Waals surface area contributed by atoms with Crippen molar-refractivity contribution in [1.29, 1.82) is 0 Å². The van der Waals surface area contributed by atoms with Crippen LogP contribution in [0.4, 0.5) is 0 Å². The van der Waals surface area contributed by atoms with Gasteiger partial charge < -0.3 is 14.4 Å². The zero-order valence-electron chi connectivity index (χ0n) is 8.72. The SMILES string of the molecule is O=C(O)c1sc2ncn(CC3CCO3)c2c1Cl. The smallest absolute Gasteiger partial charge is 0.347 e. The molecule has 1 aliphatic heterocycles. The molecule has 5 nitrogen and oxygen atoms in total. The van der Waals surface area contributed by atoms with Gasteiger partial charge in [0.25, 0.3) is 0 Å². The molecule has 3 heterocycles. The van der Waals surface area contributed by atoms with E-state index in [1.165, 1.54) is 0 Å². The van der Waals surface area contributed by atoms with Gasteiger partial charge in [-0.3, -0.25) is 0 Å². The number of halogens is 1. The van der Waals surface area contributed by atoms with Crippen LogP contribution in [-0.4, -0.2) is 33.3 Å². The molecule has 2 aromatic rings. The average Bonchev–Trinajstić information content (AvgIpc) is 2.74. The Bertz CT molecular complexity index is 588. The summed E-state index contributed by atoms with van der Waals surface area (Å²) in [5, 5.41) is 9.25. The lowest BCUT2D eigenvalue weighted by Gasteiger charge is -2.26. The van der Waals surface area contributed by atoms with Gasteiger partial charge in [-0.1, -0.05) is 11.6 Å². The van der Waals surface area contributed by atoms with Gasteiger partial charge in [0.1, 0.15) is 9.71 Å². The summed E-state index contributed by atoms with van der Waals surface area (Å²) in [5.41, 5.74) is 0.699. The molecular weight excluding hydrogens is 264 g/mol. The second-order valence-corrected chi connectivity index (χ2v) is 5.26. The molecule has 0 aliphatic carbocycles. The van der Waals surface area contributed by atoms with Gasteiger partial charge in [0.2, 0.25) is 0 Å². The van der Waals surface area contributed by atoms with Gasteiger partial charge in [-0.05, 0) is 6.42 Å². The van der Waals surface area contributed by atoms with Crippen LogP contribution in [0.3, 0.4) is 0 Å². The second kappa shape index (κ2) is 3.97. The number of carboxylic acids is 1. The molecule has 1 atom stereocenters. The summed E-state index contributed by atoms with van der Waals surface area (Å²) in [4.78, 5) is 15.9. The number of carbonyl (C=O) groups is 1. The number of thiophene rings is 1. The van der Waals surface area contributed by atoms with Crippen LogP contribution in [0.5, 0.6) is 0 Å². The predicted molar refractivity (Wildman–Crippen MR) is 63.9 cm³/mol. The number of imidazole rings is 1. The van der Waals surface area contributed by atoms with Gasteiger partial charge in [0.05, 0.1) is 29.5 Å². The fourth-order valence-electron chi connectivity index (χ4n) is 1.83. The highest BCUT2D eigenvalue weighted by Crippen LogP contribution is 2.35. The molecule has 1 saturated heterocycles. The fraction of sp³-hybridized carbons (Fsp3) is 0.400. The predicted octanol–water partition coefficient (Wildman–Crippen LogP) is 2.24. The van der Waals surface area contributed by atoms with E-state index in [4.69, 9.17) is 21.4 Å². The van der Waals surface area contributed by atoms with Crippen molar-refractivity contribution >= 4 is 39.3 Å². The third-order valence-electron chi connectivity index (χ3n) is 2.80. The van der Waals surface area contributed by atoms with E-state index < -0.39 is 5.97 Å². The highest BCUT2D eigenvalue weighted by molar-refractivity contribution is 7.21. The van der Waals surface area contributed by atoms with Crippen LogP contribution in [0.15, 0.2) is 6.33 Å². The van der Waals surface area contributed by atoms with E-state index in [2.05, 4.69) is 4.98 Å². The molecule has 90 valence electrons.